The van der Waals surface area contributed by atoms with Crippen LogP contribution in [0.3, 0.4) is 0 Å². The first-order valence-electron chi connectivity index (χ1n) is 29.1. The standard InChI is InChI=1S/C61H71N9O18/c1-8-61(83)41-25-45-52-39(28-70(45)56(79)40(41)30-84-57(61)80)38(37-24-46-47(87-31-86-46)26-43(37)65-52)27-69(36-17-20-67(21-18-36)58(81)88-60(5,6)7)59(82)85-29-34-9-11-35(12-10-34)63-54(77)42(13-16-51(74)75)66-53(76)33(4)62-55(78)44(23-32(2)3)64-48(71)19-22-68-49(72)14-15-50(68)73/h9-12,14-15,24-26,32-33,36,42,44,83H,8,13,16-23,27-31H2,1-7H3,(H,62,78)(H,63,77)(H,64,71)(H,66,76)(H,74,75)/t33-,42-,44+,61-/m0/s1. The van der Waals surface area contributed by atoms with Crippen molar-refractivity contribution in [3.63, 3.8) is 0 Å². The maximum atomic E-state index is 14.8. The van der Waals surface area contributed by atoms with Gasteiger partial charge >= 0.3 is 24.1 Å². The van der Waals surface area contributed by atoms with Crippen LogP contribution in [-0.4, -0.2) is 150 Å². The highest BCUT2D eigenvalue weighted by Crippen LogP contribution is 2.44. The van der Waals surface area contributed by atoms with Crippen LogP contribution in [-0.2, 0) is 84.5 Å². The summed E-state index contributed by atoms with van der Waals surface area (Å²) in [5, 5.41) is 32.1. The van der Waals surface area contributed by atoms with E-state index in [-0.39, 0.29) is 101 Å². The Bertz CT molecular complexity index is 3570. The molecule has 0 saturated carbocycles. The minimum Gasteiger partial charge on any atom is -0.481 e. The first-order valence-corrected chi connectivity index (χ1v) is 29.1. The van der Waals surface area contributed by atoms with Crippen molar-refractivity contribution in [3.8, 4) is 22.9 Å². The first-order chi connectivity index (χ1) is 41.7. The molecule has 0 aliphatic carbocycles. The minimum atomic E-state index is -2.08. The highest BCUT2D eigenvalue weighted by atomic mass is 16.7. The number of carboxylic acids is 1. The van der Waals surface area contributed by atoms with Gasteiger partial charge in [-0.2, -0.15) is 0 Å². The molecule has 0 unspecified atom stereocenters. The predicted molar refractivity (Wildman–Crippen MR) is 311 cm³/mol. The number of pyridine rings is 2. The van der Waals surface area contributed by atoms with E-state index in [0.29, 0.717) is 63.3 Å². The van der Waals surface area contributed by atoms with Gasteiger partial charge in [0.15, 0.2) is 17.1 Å². The topological polar surface area (TPSA) is 350 Å². The molecule has 1 fully saturated rings. The summed E-state index contributed by atoms with van der Waals surface area (Å²) in [5.41, 5.74) is 0.0219. The molecule has 1 saturated heterocycles. The molecule has 5 aliphatic rings. The summed E-state index contributed by atoms with van der Waals surface area (Å²) in [6, 6.07) is 6.99. The molecule has 8 amide bonds. The predicted octanol–water partition coefficient (Wildman–Crippen LogP) is 3.99. The number of anilines is 1. The number of likely N-dealkylation sites (tertiary alicyclic amines) is 1. The number of carbonyl (C=O) groups is 10. The fourth-order valence-corrected chi connectivity index (χ4v) is 11.1. The van der Waals surface area contributed by atoms with E-state index < -0.39 is 107 Å². The maximum absolute atomic E-state index is 14.8. The van der Waals surface area contributed by atoms with Crippen LogP contribution >= 0.6 is 0 Å². The minimum absolute atomic E-state index is 0.00710. The van der Waals surface area contributed by atoms with E-state index in [4.69, 9.17) is 28.7 Å². The summed E-state index contributed by atoms with van der Waals surface area (Å²) in [4.78, 5) is 154. The Labute approximate surface area is 505 Å². The van der Waals surface area contributed by atoms with Crippen molar-refractivity contribution in [1.82, 2.24) is 40.2 Å². The zero-order valence-corrected chi connectivity index (χ0v) is 49.9. The molecule has 88 heavy (non-hydrogen) atoms. The molecule has 4 aromatic rings. The molecule has 27 nitrogen and oxygen atoms in total. The second-order valence-corrected chi connectivity index (χ2v) is 23.7. The van der Waals surface area contributed by atoms with Gasteiger partial charge in [0.1, 0.15) is 36.9 Å². The van der Waals surface area contributed by atoms with Crippen molar-refractivity contribution >= 4 is 76.2 Å². The van der Waals surface area contributed by atoms with Gasteiger partial charge in [-0.3, -0.25) is 43.3 Å². The third kappa shape index (κ3) is 13.9. The number of fused-ring (bicyclic) bond motifs is 6. The lowest BCUT2D eigenvalue weighted by atomic mass is 9.86. The van der Waals surface area contributed by atoms with Gasteiger partial charge in [-0.25, -0.2) is 19.4 Å². The van der Waals surface area contributed by atoms with Crippen LogP contribution in [0, 0.1) is 5.92 Å². The molecule has 2 aromatic carbocycles. The molecule has 0 radical (unpaired) electrons. The number of rotatable bonds is 21. The van der Waals surface area contributed by atoms with Gasteiger partial charge in [-0.15, -0.1) is 0 Å². The third-order valence-corrected chi connectivity index (χ3v) is 15.9. The zero-order valence-electron chi connectivity index (χ0n) is 49.9. The molecule has 0 bridgehead atoms. The number of nitrogens with one attached hydrogen (secondary N) is 4. The number of imide groups is 1. The number of hydrogen-bond acceptors (Lipinski definition) is 18. The molecular formula is C61H71N9O18. The normalized spacial score (nSPS) is 17.8. The Balaban J connectivity index is 0.907. The van der Waals surface area contributed by atoms with Crippen molar-refractivity contribution in [1.29, 1.82) is 0 Å². The Morgan fingerprint density at radius 3 is 2.17 bits per heavy atom. The quantitative estimate of drug-likeness (QED) is 0.0344. The summed E-state index contributed by atoms with van der Waals surface area (Å²) in [5.74, 6) is -5.45. The molecule has 0 spiro atoms. The van der Waals surface area contributed by atoms with Crippen molar-refractivity contribution in [2.75, 3.05) is 31.7 Å². The van der Waals surface area contributed by atoms with Crippen molar-refractivity contribution < 1.29 is 81.8 Å². The van der Waals surface area contributed by atoms with E-state index in [1.54, 1.807) is 67.8 Å². The van der Waals surface area contributed by atoms with Crippen molar-refractivity contribution in [2.45, 2.75) is 155 Å². The van der Waals surface area contributed by atoms with Crippen molar-refractivity contribution in [3.05, 3.63) is 92.8 Å². The molecule has 7 heterocycles. The number of carbonyl (C=O) groups excluding carboxylic acids is 9. The second kappa shape index (κ2) is 25.9. The van der Waals surface area contributed by atoms with Crippen LogP contribution in [0.4, 0.5) is 15.3 Å². The molecule has 468 valence electrons. The van der Waals surface area contributed by atoms with Gasteiger partial charge in [0.2, 0.25) is 30.4 Å². The number of ether oxygens (including phenoxy) is 5. The van der Waals surface area contributed by atoms with E-state index in [1.165, 1.54) is 23.6 Å². The number of aliphatic carboxylic acids is 1. The van der Waals surface area contributed by atoms with Gasteiger partial charge < -0.3 is 69.5 Å². The molecular weight excluding hydrogens is 1150 g/mol. The number of nitrogens with zero attached hydrogens (tertiary/aromatic N) is 5. The number of piperidine rings is 1. The van der Waals surface area contributed by atoms with Gasteiger partial charge in [-0.05, 0) is 101 Å². The number of aromatic nitrogens is 2. The monoisotopic (exact) mass is 1220 g/mol. The maximum Gasteiger partial charge on any atom is 0.410 e. The molecule has 27 heteroatoms. The number of carboxylic acid groups (broad SMARTS) is 1. The number of benzene rings is 2. The molecule has 9 rings (SSSR count). The molecule has 4 atom stereocenters. The SMILES string of the molecule is CC[C@@]1(O)C(=O)OCc2c1cc1n(c2=O)Cc2c-1nc1cc3c(cc1c2CN(C(=O)OCc1ccc(NC(=O)[C@H](CCC(=O)O)NC(=O)[C@H](C)NC(=O)[C@@H](CC(C)C)NC(=O)CCN2C(=O)C=CC2=O)cc1)C1CCN(C(=O)OC(C)(C)C)CC1)OCO3. The third-order valence-electron chi connectivity index (χ3n) is 15.9. The number of aliphatic hydroxyl groups is 1. The smallest absolute Gasteiger partial charge is 0.410 e. The van der Waals surface area contributed by atoms with E-state index in [1.807, 2.05) is 13.8 Å². The van der Waals surface area contributed by atoms with E-state index in [0.717, 1.165) is 17.1 Å². The van der Waals surface area contributed by atoms with Crippen LogP contribution in [0.15, 0.2) is 59.4 Å². The van der Waals surface area contributed by atoms with Crippen molar-refractivity contribution in [2.24, 2.45) is 5.92 Å². The highest BCUT2D eigenvalue weighted by molar-refractivity contribution is 6.13. The lowest BCUT2D eigenvalue weighted by Crippen LogP contribution is -2.55. The second-order valence-electron chi connectivity index (χ2n) is 23.7. The number of amides is 8. The van der Waals surface area contributed by atoms with Crippen LogP contribution in [0.1, 0.15) is 121 Å². The summed E-state index contributed by atoms with van der Waals surface area (Å²) >= 11 is 0. The van der Waals surface area contributed by atoms with Gasteiger partial charge in [0.25, 0.3) is 17.4 Å². The van der Waals surface area contributed by atoms with E-state index in [2.05, 4.69) is 21.3 Å². The lowest BCUT2D eigenvalue weighted by molar-refractivity contribution is -0.172. The number of esters is 1. The van der Waals surface area contributed by atoms with Gasteiger partial charge in [-0.1, -0.05) is 32.9 Å². The summed E-state index contributed by atoms with van der Waals surface area (Å²) in [7, 11) is 0. The number of cyclic esters (lactones) is 1. The molecule has 2 aromatic heterocycles. The summed E-state index contributed by atoms with van der Waals surface area (Å²) in [6.45, 7) is 11.4. The Morgan fingerprint density at radius 1 is 0.841 bits per heavy atom. The van der Waals surface area contributed by atoms with Gasteiger partial charge in [0, 0.05) is 78.9 Å². The molecule has 6 N–H and O–H groups in total. The largest absolute Gasteiger partial charge is 0.481 e. The van der Waals surface area contributed by atoms with Crippen LogP contribution in [0.25, 0.3) is 22.3 Å². The van der Waals surface area contributed by atoms with Gasteiger partial charge in [0.05, 0.1) is 35.6 Å². The summed E-state index contributed by atoms with van der Waals surface area (Å²) < 4.78 is 30.1. The average Bonchev–Trinajstić information content (AvgIpc) is 1.49. The van der Waals surface area contributed by atoms with Crippen LogP contribution < -0.4 is 36.3 Å². The Kier molecular flexibility index (Phi) is 18.6. The highest BCUT2D eigenvalue weighted by Gasteiger charge is 2.46. The van der Waals surface area contributed by atoms with E-state index in [9.17, 15) is 63.0 Å². The van der Waals surface area contributed by atoms with Crippen LogP contribution in [0.2, 0.25) is 0 Å². The fraction of sp³-hybridized carbons (Fsp3) is 0.475. The Hall–Kier alpha value is -9.40. The summed E-state index contributed by atoms with van der Waals surface area (Å²) in [6.07, 6.45) is 0.566. The molecule has 5 aliphatic heterocycles. The lowest BCUT2D eigenvalue weighted by Gasteiger charge is -2.38. The van der Waals surface area contributed by atoms with E-state index >= 15 is 0 Å². The first kappa shape index (κ1) is 63.1. The van der Waals surface area contributed by atoms with Crippen LogP contribution in [0.5, 0.6) is 11.5 Å². The number of hydrogen-bond donors (Lipinski definition) is 6. The average molecular weight is 1220 g/mol. The zero-order chi connectivity index (χ0) is 63.5. The Morgan fingerprint density at radius 2 is 1.52 bits per heavy atom. The fourth-order valence-electron chi connectivity index (χ4n) is 11.1.